The van der Waals surface area contributed by atoms with Crippen molar-refractivity contribution in [2.24, 2.45) is 0 Å². The molecule has 5 nitrogen and oxygen atoms in total. The van der Waals surface area contributed by atoms with E-state index in [4.69, 9.17) is 4.74 Å². The number of carbonyl (C=O) groups excluding carboxylic acids is 1. The van der Waals surface area contributed by atoms with Crippen LogP contribution in [0.15, 0.2) is 36.7 Å². The van der Waals surface area contributed by atoms with Crippen molar-refractivity contribution in [3.63, 3.8) is 0 Å². The number of hydrogen-bond acceptors (Lipinski definition) is 3. The van der Waals surface area contributed by atoms with Crippen molar-refractivity contribution in [1.29, 1.82) is 0 Å². The maximum absolute atomic E-state index is 12.3. The van der Waals surface area contributed by atoms with Crippen LogP contribution in [-0.4, -0.2) is 34.9 Å². The maximum Gasteiger partial charge on any atom is 0.251 e. The molecule has 1 fully saturated rings. The highest BCUT2D eigenvalue weighted by atomic mass is 16.5. The fourth-order valence-electron chi connectivity index (χ4n) is 2.51. The second-order valence-electron chi connectivity index (χ2n) is 5.62. The second kappa shape index (κ2) is 5.33. The fraction of sp³-hybridized carbons (Fsp3) is 0.375. The summed E-state index contributed by atoms with van der Waals surface area (Å²) in [7, 11) is 1.66. The molecule has 0 aliphatic heterocycles. The second-order valence-corrected chi connectivity index (χ2v) is 5.62. The molecule has 1 saturated carbocycles. The largest absolute Gasteiger partial charge is 0.382 e. The van der Waals surface area contributed by atoms with E-state index in [1.54, 1.807) is 18.0 Å². The average molecular weight is 285 g/mol. The molecule has 0 saturated heterocycles. The molecule has 1 heterocycles. The summed E-state index contributed by atoms with van der Waals surface area (Å²) in [4.78, 5) is 12.3. The van der Waals surface area contributed by atoms with Gasteiger partial charge in [-0.1, -0.05) is 0 Å². The predicted molar refractivity (Wildman–Crippen MR) is 79.6 cm³/mol. The Labute approximate surface area is 123 Å². The summed E-state index contributed by atoms with van der Waals surface area (Å²) >= 11 is 0. The van der Waals surface area contributed by atoms with Gasteiger partial charge >= 0.3 is 0 Å². The highest BCUT2D eigenvalue weighted by molar-refractivity contribution is 5.95. The SMILES string of the molecule is COCC1(NC(=O)c2ccc(-n3cccn3)c(C)c2)CC1. The Hall–Kier alpha value is -2.14. The van der Waals surface area contributed by atoms with Gasteiger partial charge in [-0.25, -0.2) is 4.68 Å². The van der Waals surface area contributed by atoms with Gasteiger partial charge in [-0.2, -0.15) is 5.10 Å². The number of rotatable bonds is 5. The first kappa shape index (κ1) is 13.8. The van der Waals surface area contributed by atoms with Gasteiger partial charge in [-0.3, -0.25) is 4.79 Å². The van der Waals surface area contributed by atoms with E-state index < -0.39 is 0 Å². The van der Waals surface area contributed by atoms with Gasteiger partial charge in [-0.05, 0) is 49.6 Å². The van der Waals surface area contributed by atoms with Gasteiger partial charge in [0.05, 0.1) is 17.8 Å². The van der Waals surface area contributed by atoms with Gasteiger partial charge in [0, 0.05) is 25.1 Å². The first-order chi connectivity index (χ1) is 10.1. The molecule has 1 N–H and O–H groups in total. The molecule has 0 atom stereocenters. The third kappa shape index (κ3) is 2.83. The van der Waals surface area contributed by atoms with E-state index in [-0.39, 0.29) is 11.4 Å². The molecule has 5 heteroatoms. The van der Waals surface area contributed by atoms with E-state index in [0.717, 1.165) is 24.1 Å². The van der Waals surface area contributed by atoms with Crippen molar-refractivity contribution in [1.82, 2.24) is 15.1 Å². The third-order valence-electron chi connectivity index (χ3n) is 3.86. The highest BCUT2D eigenvalue weighted by Crippen LogP contribution is 2.35. The van der Waals surface area contributed by atoms with E-state index in [1.165, 1.54) is 0 Å². The molecule has 1 aliphatic rings. The smallest absolute Gasteiger partial charge is 0.251 e. The third-order valence-corrected chi connectivity index (χ3v) is 3.86. The van der Waals surface area contributed by atoms with Crippen LogP contribution < -0.4 is 5.32 Å². The zero-order chi connectivity index (χ0) is 14.9. The van der Waals surface area contributed by atoms with E-state index in [2.05, 4.69) is 10.4 Å². The zero-order valence-electron chi connectivity index (χ0n) is 12.3. The normalized spacial score (nSPS) is 15.7. The number of nitrogens with one attached hydrogen (secondary N) is 1. The van der Waals surface area contributed by atoms with Crippen LogP contribution in [0.1, 0.15) is 28.8 Å². The average Bonchev–Trinajstić information content (AvgIpc) is 3.01. The number of benzene rings is 1. The monoisotopic (exact) mass is 285 g/mol. The number of ether oxygens (including phenoxy) is 1. The molecule has 1 aromatic heterocycles. The molecule has 0 radical (unpaired) electrons. The summed E-state index contributed by atoms with van der Waals surface area (Å²) in [5.74, 6) is -0.0420. The van der Waals surface area contributed by atoms with Crippen LogP contribution in [0.25, 0.3) is 5.69 Å². The van der Waals surface area contributed by atoms with Crippen LogP contribution in [0.5, 0.6) is 0 Å². The van der Waals surface area contributed by atoms with Crippen LogP contribution in [0.4, 0.5) is 0 Å². The quantitative estimate of drug-likeness (QED) is 0.915. The number of methoxy groups -OCH3 is 1. The minimum atomic E-state index is -0.152. The van der Waals surface area contributed by atoms with Gasteiger partial charge in [0.2, 0.25) is 0 Å². The van der Waals surface area contributed by atoms with Crippen molar-refractivity contribution in [2.45, 2.75) is 25.3 Å². The van der Waals surface area contributed by atoms with E-state index in [1.807, 2.05) is 37.4 Å². The van der Waals surface area contributed by atoms with Crippen LogP contribution in [0.2, 0.25) is 0 Å². The molecule has 1 amide bonds. The molecule has 21 heavy (non-hydrogen) atoms. The molecule has 2 aromatic rings. The number of amides is 1. The number of hydrogen-bond donors (Lipinski definition) is 1. The summed E-state index contributed by atoms with van der Waals surface area (Å²) in [6.07, 6.45) is 5.59. The molecule has 1 aromatic carbocycles. The predicted octanol–water partition coefficient (Wildman–Crippen LogP) is 2.09. The molecular formula is C16H19N3O2. The van der Waals surface area contributed by atoms with Crippen LogP contribution in [0, 0.1) is 6.92 Å². The molecule has 0 spiro atoms. The van der Waals surface area contributed by atoms with Crippen LogP contribution in [0.3, 0.4) is 0 Å². The minimum Gasteiger partial charge on any atom is -0.382 e. The van der Waals surface area contributed by atoms with Crippen LogP contribution >= 0.6 is 0 Å². The Bertz CT molecular complexity index is 646. The Balaban J connectivity index is 1.77. The molecule has 0 bridgehead atoms. The Morgan fingerprint density at radius 1 is 1.48 bits per heavy atom. The first-order valence-corrected chi connectivity index (χ1v) is 7.06. The molecular weight excluding hydrogens is 266 g/mol. The van der Waals surface area contributed by atoms with Gasteiger partial charge in [0.25, 0.3) is 5.91 Å². The van der Waals surface area contributed by atoms with E-state index in [0.29, 0.717) is 12.2 Å². The lowest BCUT2D eigenvalue weighted by Gasteiger charge is -2.17. The zero-order valence-corrected chi connectivity index (χ0v) is 12.3. The molecule has 0 unspecified atom stereocenters. The van der Waals surface area contributed by atoms with Gasteiger partial charge in [0.1, 0.15) is 0 Å². The summed E-state index contributed by atoms with van der Waals surface area (Å²) in [6, 6.07) is 7.53. The Morgan fingerprint density at radius 3 is 2.86 bits per heavy atom. The lowest BCUT2D eigenvalue weighted by atomic mass is 10.1. The summed E-state index contributed by atoms with van der Waals surface area (Å²) in [5.41, 5.74) is 2.52. The van der Waals surface area contributed by atoms with Crippen molar-refractivity contribution >= 4 is 5.91 Å². The van der Waals surface area contributed by atoms with Crippen molar-refractivity contribution in [3.05, 3.63) is 47.8 Å². The minimum absolute atomic E-state index is 0.0420. The van der Waals surface area contributed by atoms with E-state index >= 15 is 0 Å². The maximum atomic E-state index is 12.3. The molecule has 110 valence electrons. The van der Waals surface area contributed by atoms with Crippen molar-refractivity contribution in [3.8, 4) is 5.69 Å². The van der Waals surface area contributed by atoms with Gasteiger partial charge in [-0.15, -0.1) is 0 Å². The summed E-state index contributed by atoms with van der Waals surface area (Å²) in [5, 5.41) is 7.29. The lowest BCUT2D eigenvalue weighted by molar-refractivity contribution is 0.0882. The topological polar surface area (TPSA) is 56.1 Å². The van der Waals surface area contributed by atoms with E-state index in [9.17, 15) is 4.79 Å². The van der Waals surface area contributed by atoms with Crippen LogP contribution in [-0.2, 0) is 4.74 Å². The number of aromatic nitrogens is 2. The first-order valence-electron chi connectivity index (χ1n) is 7.06. The summed E-state index contributed by atoms with van der Waals surface area (Å²) in [6.45, 7) is 2.55. The van der Waals surface area contributed by atoms with Gasteiger partial charge < -0.3 is 10.1 Å². The number of aryl methyl sites for hydroxylation is 1. The molecule has 3 rings (SSSR count). The standard InChI is InChI=1S/C16H19N3O2/c1-12-10-13(4-5-14(12)19-9-3-8-17-19)15(20)18-16(6-7-16)11-21-2/h3-5,8-10H,6-7,11H2,1-2H3,(H,18,20). The summed E-state index contributed by atoms with van der Waals surface area (Å²) < 4.78 is 6.97. The number of carbonyl (C=O) groups is 1. The number of nitrogens with zero attached hydrogens (tertiary/aromatic N) is 2. The van der Waals surface area contributed by atoms with Crippen molar-refractivity contribution in [2.75, 3.05) is 13.7 Å². The van der Waals surface area contributed by atoms with Crippen molar-refractivity contribution < 1.29 is 9.53 Å². The molecule has 1 aliphatic carbocycles. The fourth-order valence-corrected chi connectivity index (χ4v) is 2.51. The van der Waals surface area contributed by atoms with Gasteiger partial charge in [0.15, 0.2) is 0 Å². The Morgan fingerprint density at radius 2 is 2.29 bits per heavy atom. The lowest BCUT2D eigenvalue weighted by Crippen LogP contribution is -2.40. The Kier molecular flexibility index (Phi) is 3.51. The highest BCUT2D eigenvalue weighted by Gasteiger charge is 2.44.